The molecule has 5 nitrogen and oxygen atoms in total. The van der Waals surface area contributed by atoms with Gasteiger partial charge in [-0.1, -0.05) is 30.1 Å². The number of nitrogens with zero attached hydrogens (tertiary/aromatic N) is 1. The molecule has 1 aromatic rings. The van der Waals surface area contributed by atoms with E-state index in [1.54, 1.807) is 4.90 Å². The summed E-state index contributed by atoms with van der Waals surface area (Å²) in [5, 5.41) is 5.02. The van der Waals surface area contributed by atoms with Crippen LogP contribution in [0.3, 0.4) is 0 Å². The minimum absolute atomic E-state index is 0.00482. The maximum absolute atomic E-state index is 12.7. The molecule has 1 aliphatic rings. The van der Waals surface area contributed by atoms with Crippen molar-refractivity contribution in [2.75, 3.05) is 6.54 Å². The predicted octanol–water partition coefficient (Wildman–Crippen LogP) is 2.66. The average Bonchev–Trinajstić information content (AvgIpc) is 2.85. The van der Waals surface area contributed by atoms with Crippen LogP contribution in [0.1, 0.15) is 36.5 Å². The molecule has 1 heterocycles. The van der Waals surface area contributed by atoms with Crippen molar-refractivity contribution >= 4 is 39.1 Å². The number of halogens is 2. The van der Waals surface area contributed by atoms with Gasteiger partial charge in [0.1, 0.15) is 4.90 Å². The zero-order chi connectivity index (χ0) is 15.8. The molecule has 1 amide bonds. The van der Waals surface area contributed by atoms with E-state index in [0.29, 0.717) is 6.54 Å². The standard InChI is InChI=1S/C13H16Cl2N2O3S/c1-2-8-4-3-7-17(8)13(18)11-9(14)5-6-10(12(11)15)21(16,19)20/h5-6,8H,2-4,7H2,1H3,(H2,16,19,20). The van der Waals surface area contributed by atoms with E-state index in [9.17, 15) is 13.2 Å². The summed E-state index contributed by atoms with van der Waals surface area (Å²) in [6, 6.07) is 2.66. The van der Waals surface area contributed by atoms with Gasteiger partial charge in [0, 0.05) is 12.6 Å². The second kappa shape index (κ2) is 6.12. The van der Waals surface area contributed by atoms with Crippen LogP contribution >= 0.6 is 23.2 Å². The Morgan fingerprint density at radius 1 is 1.43 bits per heavy atom. The van der Waals surface area contributed by atoms with Gasteiger partial charge in [-0.3, -0.25) is 4.79 Å². The van der Waals surface area contributed by atoms with E-state index in [0.717, 1.165) is 19.3 Å². The van der Waals surface area contributed by atoms with Crippen molar-refractivity contribution in [3.05, 3.63) is 27.7 Å². The third kappa shape index (κ3) is 3.18. The first-order chi connectivity index (χ1) is 9.77. The monoisotopic (exact) mass is 350 g/mol. The lowest BCUT2D eigenvalue weighted by molar-refractivity contribution is 0.0734. The summed E-state index contributed by atoms with van der Waals surface area (Å²) < 4.78 is 23.0. The molecule has 0 aromatic heterocycles. The van der Waals surface area contributed by atoms with Gasteiger partial charge in [-0.15, -0.1) is 0 Å². The molecule has 0 saturated carbocycles. The average molecular weight is 351 g/mol. The Balaban J connectivity index is 2.51. The molecule has 116 valence electrons. The Bertz CT molecular complexity index is 676. The highest BCUT2D eigenvalue weighted by molar-refractivity contribution is 7.89. The highest BCUT2D eigenvalue weighted by Gasteiger charge is 2.32. The Morgan fingerprint density at radius 3 is 2.67 bits per heavy atom. The molecule has 1 unspecified atom stereocenters. The number of carbonyl (C=O) groups excluding carboxylic acids is 1. The highest BCUT2D eigenvalue weighted by atomic mass is 35.5. The Labute approximate surface area is 134 Å². The van der Waals surface area contributed by atoms with E-state index in [4.69, 9.17) is 28.3 Å². The number of primary sulfonamides is 1. The highest BCUT2D eigenvalue weighted by Crippen LogP contribution is 2.33. The van der Waals surface area contributed by atoms with Crippen molar-refractivity contribution in [1.29, 1.82) is 0 Å². The predicted molar refractivity (Wildman–Crippen MR) is 82.2 cm³/mol. The fourth-order valence-corrected chi connectivity index (χ4v) is 4.08. The van der Waals surface area contributed by atoms with Crippen molar-refractivity contribution in [3.63, 3.8) is 0 Å². The first-order valence-corrected chi connectivity index (χ1v) is 8.89. The summed E-state index contributed by atoms with van der Waals surface area (Å²) in [4.78, 5) is 14.1. The van der Waals surface area contributed by atoms with E-state index in [1.165, 1.54) is 12.1 Å². The quantitative estimate of drug-likeness (QED) is 0.909. The number of sulfonamides is 1. The van der Waals surface area contributed by atoms with E-state index in [1.807, 2.05) is 6.92 Å². The van der Waals surface area contributed by atoms with Gasteiger partial charge < -0.3 is 4.90 Å². The van der Waals surface area contributed by atoms with Crippen molar-refractivity contribution in [1.82, 2.24) is 4.90 Å². The first-order valence-electron chi connectivity index (χ1n) is 6.59. The molecule has 2 rings (SSSR count). The fraction of sp³-hybridized carbons (Fsp3) is 0.462. The maximum atomic E-state index is 12.7. The van der Waals surface area contributed by atoms with Crippen LogP contribution < -0.4 is 5.14 Å². The zero-order valence-corrected chi connectivity index (χ0v) is 13.8. The summed E-state index contributed by atoms with van der Waals surface area (Å²) >= 11 is 12.1. The topological polar surface area (TPSA) is 80.5 Å². The van der Waals surface area contributed by atoms with Gasteiger partial charge in [0.2, 0.25) is 10.0 Å². The summed E-state index contributed by atoms with van der Waals surface area (Å²) in [5.41, 5.74) is 0.00482. The SMILES string of the molecule is CCC1CCCN1C(=O)c1c(Cl)ccc(S(N)(=O)=O)c1Cl. The molecule has 21 heavy (non-hydrogen) atoms. The van der Waals surface area contributed by atoms with Crippen molar-refractivity contribution < 1.29 is 13.2 Å². The van der Waals surface area contributed by atoms with E-state index in [-0.39, 0.29) is 32.5 Å². The summed E-state index contributed by atoms with van der Waals surface area (Å²) in [6.45, 7) is 2.61. The maximum Gasteiger partial charge on any atom is 0.257 e. The second-order valence-electron chi connectivity index (χ2n) is 4.98. The van der Waals surface area contributed by atoms with Gasteiger partial charge >= 0.3 is 0 Å². The lowest BCUT2D eigenvalue weighted by Gasteiger charge is -2.25. The van der Waals surface area contributed by atoms with Crippen LogP contribution in [0.15, 0.2) is 17.0 Å². The fourth-order valence-electron chi connectivity index (χ4n) is 2.62. The van der Waals surface area contributed by atoms with Crippen molar-refractivity contribution in [2.45, 2.75) is 37.1 Å². The first kappa shape index (κ1) is 16.5. The Kier molecular flexibility index (Phi) is 4.82. The van der Waals surface area contributed by atoms with Crippen LogP contribution in [0.5, 0.6) is 0 Å². The molecule has 1 aliphatic heterocycles. The summed E-state index contributed by atoms with van der Waals surface area (Å²) in [7, 11) is -4.01. The lowest BCUT2D eigenvalue weighted by Crippen LogP contribution is -2.35. The third-order valence-electron chi connectivity index (χ3n) is 3.69. The van der Waals surface area contributed by atoms with Crippen LogP contribution in [0.4, 0.5) is 0 Å². The minimum Gasteiger partial charge on any atom is -0.336 e. The Hall–Kier alpha value is -0.820. The number of amides is 1. The van der Waals surface area contributed by atoms with Crippen LogP contribution in [0.2, 0.25) is 10.0 Å². The molecule has 8 heteroatoms. The minimum atomic E-state index is -4.01. The second-order valence-corrected chi connectivity index (χ2v) is 7.30. The molecule has 0 bridgehead atoms. The summed E-state index contributed by atoms with van der Waals surface area (Å²) in [5.74, 6) is -0.347. The van der Waals surface area contributed by atoms with Gasteiger partial charge in [0.25, 0.3) is 5.91 Å². The van der Waals surface area contributed by atoms with Gasteiger partial charge in [-0.25, -0.2) is 13.6 Å². The number of likely N-dealkylation sites (tertiary alicyclic amines) is 1. The molecular weight excluding hydrogens is 335 g/mol. The largest absolute Gasteiger partial charge is 0.336 e. The number of hydrogen-bond donors (Lipinski definition) is 1. The van der Waals surface area contributed by atoms with Gasteiger partial charge in [-0.05, 0) is 31.4 Å². The van der Waals surface area contributed by atoms with Gasteiger partial charge in [0.15, 0.2) is 0 Å². The van der Waals surface area contributed by atoms with Crippen molar-refractivity contribution in [3.8, 4) is 0 Å². The zero-order valence-electron chi connectivity index (χ0n) is 11.5. The van der Waals surface area contributed by atoms with Crippen LogP contribution in [-0.2, 0) is 10.0 Å². The molecule has 1 fully saturated rings. The molecule has 1 atom stereocenters. The van der Waals surface area contributed by atoms with E-state index < -0.39 is 10.0 Å². The summed E-state index contributed by atoms with van der Waals surface area (Å²) in [6.07, 6.45) is 2.66. The number of nitrogens with two attached hydrogens (primary N) is 1. The number of hydrogen-bond acceptors (Lipinski definition) is 3. The van der Waals surface area contributed by atoms with Crippen LogP contribution in [0.25, 0.3) is 0 Å². The molecule has 0 spiro atoms. The number of carbonyl (C=O) groups is 1. The normalized spacial score (nSPS) is 19.0. The van der Waals surface area contributed by atoms with E-state index >= 15 is 0 Å². The van der Waals surface area contributed by atoms with E-state index in [2.05, 4.69) is 0 Å². The molecule has 1 saturated heterocycles. The third-order valence-corrected chi connectivity index (χ3v) is 5.46. The molecule has 0 radical (unpaired) electrons. The molecule has 1 aromatic carbocycles. The van der Waals surface area contributed by atoms with Gasteiger partial charge in [-0.2, -0.15) is 0 Å². The molecule has 0 aliphatic carbocycles. The Morgan fingerprint density at radius 2 is 2.10 bits per heavy atom. The number of benzene rings is 1. The van der Waals surface area contributed by atoms with Crippen molar-refractivity contribution in [2.24, 2.45) is 5.14 Å². The lowest BCUT2D eigenvalue weighted by atomic mass is 10.1. The van der Waals surface area contributed by atoms with Gasteiger partial charge in [0.05, 0.1) is 15.6 Å². The number of rotatable bonds is 3. The molecular formula is C13H16Cl2N2O3S. The smallest absolute Gasteiger partial charge is 0.257 e. The van der Waals surface area contributed by atoms with Crippen LogP contribution in [0, 0.1) is 0 Å². The molecule has 2 N–H and O–H groups in total. The van der Waals surface area contributed by atoms with Crippen LogP contribution in [-0.4, -0.2) is 31.8 Å².